The third-order valence-corrected chi connectivity index (χ3v) is 2.58. The lowest BCUT2D eigenvalue weighted by Gasteiger charge is -2.01. The summed E-state index contributed by atoms with van der Waals surface area (Å²) in [5, 5.41) is 0.529. The van der Waals surface area contributed by atoms with Gasteiger partial charge in [0.2, 0.25) is 6.79 Å². The summed E-state index contributed by atoms with van der Waals surface area (Å²) >= 11 is 0. The molecule has 0 fully saturated rings. The molecule has 0 bridgehead atoms. The molecule has 5 nitrogen and oxygen atoms in total. The highest BCUT2D eigenvalue weighted by atomic mass is 16.7. The van der Waals surface area contributed by atoms with Gasteiger partial charge in [-0.3, -0.25) is 4.79 Å². The normalized spacial score (nSPS) is 13.3. The van der Waals surface area contributed by atoms with Crippen LogP contribution in [0.4, 0.5) is 0 Å². The predicted octanol–water partition coefficient (Wildman–Crippen LogP) is 1.21. The van der Waals surface area contributed by atoms with Crippen LogP contribution in [0.5, 0.6) is 11.5 Å². The molecular formula is C11H10N2O3. The van der Waals surface area contributed by atoms with Crippen molar-refractivity contribution >= 4 is 10.9 Å². The number of hydrogen-bond acceptors (Lipinski definition) is 4. The van der Waals surface area contributed by atoms with Crippen LogP contribution in [0.2, 0.25) is 0 Å². The van der Waals surface area contributed by atoms with Crippen LogP contribution in [0, 0.1) is 0 Å². The van der Waals surface area contributed by atoms with Crippen molar-refractivity contribution in [3.05, 3.63) is 28.3 Å². The average Bonchev–Trinajstić information content (AvgIpc) is 2.73. The van der Waals surface area contributed by atoms with Crippen molar-refractivity contribution in [2.75, 3.05) is 6.79 Å². The number of aryl methyl sites for hydroxylation is 1. The maximum Gasteiger partial charge on any atom is 0.258 e. The van der Waals surface area contributed by atoms with Crippen LogP contribution in [-0.2, 0) is 6.42 Å². The number of hydrogen-bond donors (Lipinski definition) is 1. The Morgan fingerprint density at radius 2 is 2.12 bits per heavy atom. The number of nitrogens with one attached hydrogen (secondary N) is 1. The van der Waals surface area contributed by atoms with Crippen molar-refractivity contribution in [1.29, 1.82) is 0 Å². The van der Waals surface area contributed by atoms with Gasteiger partial charge in [0.15, 0.2) is 11.5 Å². The average molecular weight is 218 g/mol. The molecule has 0 saturated heterocycles. The lowest BCUT2D eigenvalue weighted by atomic mass is 10.2. The van der Waals surface area contributed by atoms with Gasteiger partial charge in [0.05, 0.1) is 10.9 Å². The lowest BCUT2D eigenvalue weighted by molar-refractivity contribution is 0.174. The number of ether oxygens (including phenoxy) is 2. The fraction of sp³-hybridized carbons (Fsp3) is 0.273. The maximum atomic E-state index is 11.8. The summed E-state index contributed by atoms with van der Waals surface area (Å²) in [6.45, 7) is 2.14. The highest BCUT2D eigenvalue weighted by molar-refractivity contribution is 5.82. The molecule has 0 unspecified atom stereocenters. The van der Waals surface area contributed by atoms with Crippen molar-refractivity contribution in [2.24, 2.45) is 0 Å². The Morgan fingerprint density at radius 3 is 2.88 bits per heavy atom. The zero-order chi connectivity index (χ0) is 11.1. The number of nitrogens with zero attached hydrogens (tertiary/aromatic N) is 1. The number of rotatable bonds is 1. The summed E-state index contributed by atoms with van der Waals surface area (Å²) in [5.74, 6) is 1.92. The van der Waals surface area contributed by atoms with Crippen molar-refractivity contribution < 1.29 is 9.47 Å². The quantitative estimate of drug-likeness (QED) is 0.781. The first-order chi connectivity index (χ1) is 7.78. The molecule has 1 aromatic heterocycles. The van der Waals surface area contributed by atoms with Crippen LogP contribution in [0.15, 0.2) is 16.9 Å². The predicted molar refractivity (Wildman–Crippen MR) is 57.9 cm³/mol. The topological polar surface area (TPSA) is 64.2 Å². The van der Waals surface area contributed by atoms with E-state index in [-0.39, 0.29) is 12.4 Å². The first-order valence-electron chi connectivity index (χ1n) is 5.10. The summed E-state index contributed by atoms with van der Waals surface area (Å²) in [7, 11) is 0. The molecule has 1 N–H and O–H groups in total. The molecule has 0 radical (unpaired) electrons. The van der Waals surface area contributed by atoms with E-state index in [4.69, 9.17) is 9.47 Å². The molecule has 0 atom stereocenters. The second kappa shape index (κ2) is 3.23. The summed E-state index contributed by atoms with van der Waals surface area (Å²) in [6, 6.07) is 3.41. The third kappa shape index (κ3) is 1.25. The van der Waals surface area contributed by atoms with E-state index in [1.54, 1.807) is 12.1 Å². The van der Waals surface area contributed by atoms with E-state index in [0.717, 1.165) is 0 Å². The summed E-state index contributed by atoms with van der Waals surface area (Å²) in [5.41, 5.74) is 0.505. The van der Waals surface area contributed by atoms with Crippen molar-refractivity contribution in [1.82, 2.24) is 9.97 Å². The SMILES string of the molecule is CCc1nc2cc3c(cc2c(=O)[nH]1)OCO3. The van der Waals surface area contributed by atoms with Crippen LogP contribution >= 0.6 is 0 Å². The van der Waals surface area contributed by atoms with Gasteiger partial charge < -0.3 is 14.5 Å². The molecule has 0 amide bonds. The minimum absolute atomic E-state index is 0.139. The molecule has 16 heavy (non-hydrogen) atoms. The monoisotopic (exact) mass is 218 g/mol. The van der Waals surface area contributed by atoms with Gasteiger partial charge in [-0.15, -0.1) is 0 Å². The van der Waals surface area contributed by atoms with E-state index in [1.807, 2.05) is 6.92 Å². The van der Waals surface area contributed by atoms with Crippen molar-refractivity contribution in [2.45, 2.75) is 13.3 Å². The van der Waals surface area contributed by atoms with E-state index in [0.29, 0.717) is 34.6 Å². The van der Waals surface area contributed by atoms with Crippen molar-refractivity contribution in [3.63, 3.8) is 0 Å². The maximum absolute atomic E-state index is 11.8. The van der Waals surface area contributed by atoms with E-state index in [2.05, 4.69) is 9.97 Å². The van der Waals surface area contributed by atoms with Crippen LogP contribution < -0.4 is 15.0 Å². The number of H-pyrrole nitrogens is 1. The molecular weight excluding hydrogens is 208 g/mol. The third-order valence-electron chi connectivity index (χ3n) is 2.58. The van der Waals surface area contributed by atoms with E-state index in [9.17, 15) is 4.79 Å². The Hall–Kier alpha value is -2.04. The lowest BCUT2D eigenvalue weighted by Crippen LogP contribution is -2.11. The van der Waals surface area contributed by atoms with Crippen LogP contribution in [0.1, 0.15) is 12.7 Å². The highest BCUT2D eigenvalue weighted by Crippen LogP contribution is 2.34. The molecule has 0 aliphatic carbocycles. The Kier molecular flexibility index (Phi) is 1.86. The summed E-state index contributed by atoms with van der Waals surface area (Å²) < 4.78 is 10.5. The fourth-order valence-corrected chi connectivity index (χ4v) is 1.74. The molecule has 1 aliphatic rings. The van der Waals surface area contributed by atoms with Crippen LogP contribution in [0.3, 0.4) is 0 Å². The number of fused-ring (bicyclic) bond motifs is 2. The molecule has 2 heterocycles. The Morgan fingerprint density at radius 1 is 1.38 bits per heavy atom. The largest absolute Gasteiger partial charge is 0.454 e. The molecule has 2 aromatic rings. The fourth-order valence-electron chi connectivity index (χ4n) is 1.74. The first-order valence-corrected chi connectivity index (χ1v) is 5.10. The van der Waals surface area contributed by atoms with Gasteiger partial charge in [0.1, 0.15) is 5.82 Å². The van der Waals surface area contributed by atoms with Gasteiger partial charge in [-0.1, -0.05) is 6.92 Å². The smallest absolute Gasteiger partial charge is 0.258 e. The minimum atomic E-state index is -0.139. The molecule has 0 spiro atoms. The standard InChI is InChI=1S/C11H10N2O3/c1-2-10-12-7-4-9-8(15-5-16-9)3-6(7)11(14)13-10/h3-4H,2,5H2,1H3,(H,12,13,14). The van der Waals surface area contributed by atoms with Crippen LogP contribution in [-0.4, -0.2) is 16.8 Å². The second-order valence-electron chi connectivity index (χ2n) is 3.59. The van der Waals surface area contributed by atoms with Gasteiger partial charge in [-0.05, 0) is 6.07 Å². The zero-order valence-electron chi connectivity index (χ0n) is 8.74. The van der Waals surface area contributed by atoms with Gasteiger partial charge in [-0.25, -0.2) is 4.98 Å². The van der Waals surface area contributed by atoms with Crippen molar-refractivity contribution in [3.8, 4) is 11.5 Å². The number of aromatic amines is 1. The van der Waals surface area contributed by atoms with Gasteiger partial charge in [-0.2, -0.15) is 0 Å². The molecule has 3 rings (SSSR count). The minimum Gasteiger partial charge on any atom is -0.454 e. The van der Waals surface area contributed by atoms with Gasteiger partial charge in [0, 0.05) is 12.5 Å². The van der Waals surface area contributed by atoms with Gasteiger partial charge in [0.25, 0.3) is 5.56 Å². The Balaban J connectivity index is 2.35. The van der Waals surface area contributed by atoms with E-state index < -0.39 is 0 Å². The molecule has 5 heteroatoms. The second-order valence-corrected chi connectivity index (χ2v) is 3.59. The summed E-state index contributed by atoms with van der Waals surface area (Å²) in [4.78, 5) is 18.8. The number of benzene rings is 1. The zero-order valence-corrected chi connectivity index (χ0v) is 8.74. The van der Waals surface area contributed by atoms with Crippen LogP contribution in [0.25, 0.3) is 10.9 Å². The van der Waals surface area contributed by atoms with E-state index >= 15 is 0 Å². The highest BCUT2D eigenvalue weighted by Gasteiger charge is 2.16. The Bertz CT molecular complexity index is 618. The van der Waals surface area contributed by atoms with Gasteiger partial charge >= 0.3 is 0 Å². The molecule has 1 aliphatic heterocycles. The number of aromatic nitrogens is 2. The Labute approximate surface area is 91.0 Å². The summed E-state index contributed by atoms with van der Waals surface area (Å²) in [6.07, 6.45) is 0.694. The molecule has 0 saturated carbocycles. The molecule has 82 valence electrons. The molecule has 1 aromatic carbocycles. The first kappa shape index (κ1) is 9.21. The van der Waals surface area contributed by atoms with E-state index in [1.165, 1.54) is 0 Å².